The first-order chi connectivity index (χ1) is 13.0. The molecule has 2 unspecified atom stereocenters. The average Bonchev–Trinajstić information content (AvgIpc) is 2.68. The van der Waals surface area contributed by atoms with E-state index in [0.717, 1.165) is 51.0 Å². The zero-order chi connectivity index (χ0) is 19.7. The van der Waals surface area contributed by atoms with Gasteiger partial charge in [0.05, 0.1) is 12.7 Å². The van der Waals surface area contributed by atoms with Gasteiger partial charge >= 0.3 is 0 Å². The summed E-state index contributed by atoms with van der Waals surface area (Å²) in [5, 5.41) is 7.18. The Morgan fingerprint density at radius 2 is 1.96 bits per heavy atom. The first-order valence-corrected chi connectivity index (χ1v) is 10.8. The first-order valence-electron chi connectivity index (χ1n) is 10.8. The number of likely N-dealkylation sites (tertiary alicyclic amines) is 1. The second-order valence-corrected chi connectivity index (χ2v) is 8.70. The summed E-state index contributed by atoms with van der Waals surface area (Å²) in [6.07, 6.45) is 6.26. The smallest absolute Gasteiger partial charge is 0.191 e. The monoisotopic (exact) mass is 382 g/mol. The molecule has 0 radical (unpaired) electrons. The Bertz CT molecular complexity index is 447. The molecule has 0 aromatic heterocycles. The van der Waals surface area contributed by atoms with Gasteiger partial charge in [0.15, 0.2) is 5.96 Å². The Balaban J connectivity index is 1.67. The number of ether oxygens (including phenoxy) is 2. The van der Waals surface area contributed by atoms with Crippen LogP contribution in [0.4, 0.5) is 0 Å². The number of nitrogens with zero attached hydrogens (tertiary/aromatic N) is 2. The van der Waals surface area contributed by atoms with Crippen LogP contribution < -0.4 is 10.6 Å². The number of nitrogens with one attached hydrogen (secondary N) is 2. The summed E-state index contributed by atoms with van der Waals surface area (Å²) in [6.45, 7) is 12.9. The number of guanidine groups is 1. The normalized spacial score (nSPS) is 26.6. The molecule has 0 spiro atoms. The number of methoxy groups -OCH3 is 1. The zero-order valence-corrected chi connectivity index (χ0v) is 18.2. The molecule has 2 rings (SSSR count). The molecule has 1 saturated heterocycles. The van der Waals surface area contributed by atoms with Crippen LogP contribution in [-0.2, 0) is 9.47 Å². The number of hydrogen-bond acceptors (Lipinski definition) is 4. The Morgan fingerprint density at radius 1 is 1.22 bits per heavy atom. The van der Waals surface area contributed by atoms with Gasteiger partial charge in [-0.1, -0.05) is 27.2 Å². The quantitative estimate of drug-likeness (QED) is 0.345. The van der Waals surface area contributed by atoms with Crippen LogP contribution in [0.2, 0.25) is 0 Å². The van der Waals surface area contributed by atoms with E-state index in [1.165, 1.54) is 32.4 Å². The number of rotatable bonds is 10. The maximum atomic E-state index is 6.06. The second kappa shape index (κ2) is 11.2. The summed E-state index contributed by atoms with van der Waals surface area (Å²) in [4.78, 5) is 6.95. The molecular weight excluding hydrogens is 340 g/mol. The van der Waals surface area contributed by atoms with E-state index in [0.29, 0.717) is 12.1 Å². The van der Waals surface area contributed by atoms with E-state index < -0.39 is 0 Å². The van der Waals surface area contributed by atoms with Gasteiger partial charge in [-0.25, -0.2) is 0 Å². The van der Waals surface area contributed by atoms with Crippen LogP contribution in [-0.4, -0.2) is 76.6 Å². The molecular formula is C21H42N4O2. The van der Waals surface area contributed by atoms with E-state index >= 15 is 0 Å². The number of aliphatic imine (C=N–C) groups is 1. The van der Waals surface area contributed by atoms with Gasteiger partial charge in [0.1, 0.15) is 0 Å². The fourth-order valence-corrected chi connectivity index (χ4v) is 4.02. The van der Waals surface area contributed by atoms with Crippen LogP contribution >= 0.6 is 0 Å². The predicted molar refractivity (Wildman–Crippen MR) is 112 cm³/mol. The lowest BCUT2D eigenvalue weighted by molar-refractivity contribution is -0.113. The number of piperidine rings is 1. The van der Waals surface area contributed by atoms with E-state index in [1.807, 2.05) is 7.05 Å². The van der Waals surface area contributed by atoms with Crippen molar-refractivity contribution in [1.29, 1.82) is 0 Å². The van der Waals surface area contributed by atoms with Gasteiger partial charge in [-0.3, -0.25) is 4.99 Å². The molecule has 158 valence electrons. The van der Waals surface area contributed by atoms with Crippen molar-refractivity contribution in [3.05, 3.63) is 0 Å². The average molecular weight is 383 g/mol. The van der Waals surface area contributed by atoms with Crippen molar-refractivity contribution < 1.29 is 9.47 Å². The van der Waals surface area contributed by atoms with Crippen molar-refractivity contribution >= 4 is 5.96 Å². The summed E-state index contributed by atoms with van der Waals surface area (Å²) in [6, 6.07) is 0.422. The highest BCUT2D eigenvalue weighted by Gasteiger charge is 2.49. The summed E-state index contributed by atoms with van der Waals surface area (Å²) >= 11 is 0. The third-order valence-corrected chi connectivity index (χ3v) is 6.41. The lowest BCUT2D eigenvalue weighted by Gasteiger charge is -2.52. The van der Waals surface area contributed by atoms with Gasteiger partial charge in [-0.05, 0) is 44.7 Å². The van der Waals surface area contributed by atoms with Gasteiger partial charge in [0, 0.05) is 45.3 Å². The topological polar surface area (TPSA) is 58.1 Å². The van der Waals surface area contributed by atoms with E-state index in [-0.39, 0.29) is 5.41 Å². The van der Waals surface area contributed by atoms with Gasteiger partial charge in [-0.15, -0.1) is 0 Å². The van der Waals surface area contributed by atoms with Crippen molar-refractivity contribution in [2.24, 2.45) is 16.3 Å². The summed E-state index contributed by atoms with van der Waals surface area (Å²) < 4.78 is 11.2. The highest BCUT2D eigenvalue weighted by Crippen LogP contribution is 2.42. The molecule has 1 saturated carbocycles. The Morgan fingerprint density at radius 3 is 2.56 bits per heavy atom. The molecule has 2 aliphatic rings. The third kappa shape index (κ3) is 6.61. The number of unbranched alkanes of at least 4 members (excludes halogenated alkanes) is 1. The van der Waals surface area contributed by atoms with Crippen LogP contribution in [0, 0.1) is 11.3 Å². The van der Waals surface area contributed by atoms with Crippen molar-refractivity contribution in [2.75, 3.05) is 53.6 Å². The molecule has 6 heteroatoms. The van der Waals surface area contributed by atoms with Gasteiger partial charge in [-0.2, -0.15) is 0 Å². The maximum Gasteiger partial charge on any atom is 0.191 e. The minimum Gasteiger partial charge on any atom is -0.383 e. The lowest BCUT2D eigenvalue weighted by atomic mass is 9.64. The SMILES string of the molecule is CCCCOC1CC(NC(=NC)NCC2CCN(CCOC)CC2)C1(C)C. The van der Waals surface area contributed by atoms with Gasteiger partial charge in [0.2, 0.25) is 0 Å². The molecule has 6 nitrogen and oxygen atoms in total. The molecule has 1 heterocycles. The van der Waals surface area contributed by atoms with Crippen molar-refractivity contribution in [2.45, 2.75) is 65.0 Å². The predicted octanol–water partition coefficient (Wildman–Crippen LogP) is 2.49. The highest BCUT2D eigenvalue weighted by atomic mass is 16.5. The molecule has 0 aromatic rings. The van der Waals surface area contributed by atoms with Gasteiger partial charge in [0.25, 0.3) is 0 Å². The standard InChI is InChI=1S/C21H42N4O2/c1-6-7-13-27-19-15-18(21(19,2)3)24-20(22-4)23-16-17-8-10-25(11-9-17)12-14-26-5/h17-19H,6-16H2,1-5H3,(H2,22,23,24). The van der Waals surface area contributed by atoms with Crippen LogP contribution in [0.3, 0.4) is 0 Å². The lowest BCUT2D eigenvalue weighted by Crippen LogP contribution is -2.63. The maximum absolute atomic E-state index is 6.06. The fraction of sp³-hybridized carbons (Fsp3) is 0.952. The largest absolute Gasteiger partial charge is 0.383 e. The van der Waals surface area contributed by atoms with Crippen LogP contribution in [0.1, 0.15) is 52.9 Å². The summed E-state index contributed by atoms with van der Waals surface area (Å²) in [5.74, 6) is 1.66. The van der Waals surface area contributed by atoms with Crippen molar-refractivity contribution in [1.82, 2.24) is 15.5 Å². The summed E-state index contributed by atoms with van der Waals surface area (Å²) in [5.41, 5.74) is 0.151. The van der Waals surface area contributed by atoms with E-state index in [9.17, 15) is 0 Å². The number of hydrogen-bond donors (Lipinski definition) is 2. The fourth-order valence-electron chi connectivity index (χ4n) is 4.02. The second-order valence-electron chi connectivity index (χ2n) is 8.70. The van der Waals surface area contributed by atoms with Gasteiger partial charge < -0.3 is 25.0 Å². The van der Waals surface area contributed by atoms with Crippen molar-refractivity contribution in [3.8, 4) is 0 Å². The molecule has 1 aliphatic carbocycles. The van der Waals surface area contributed by atoms with Crippen LogP contribution in [0.25, 0.3) is 0 Å². The highest BCUT2D eigenvalue weighted by molar-refractivity contribution is 5.80. The minimum absolute atomic E-state index is 0.151. The van der Waals surface area contributed by atoms with E-state index in [4.69, 9.17) is 9.47 Å². The molecule has 2 atom stereocenters. The third-order valence-electron chi connectivity index (χ3n) is 6.41. The molecule has 2 fully saturated rings. The summed E-state index contributed by atoms with van der Waals surface area (Å²) in [7, 11) is 3.64. The molecule has 0 bridgehead atoms. The van der Waals surface area contributed by atoms with E-state index in [1.54, 1.807) is 7.11 Å². The Kier molecular flexibility index (Phi) is 9.33. The molecule has 1 aliphatic heterocycles. The molecule has 0 amide bonds. The van der Waals surface area contributed by atoms with Crippen LogP contribution in [0.5, 0.6) is 0 Å². The molecule has 27 heavy (non-hydrogen) atoms. The Hall–Kier alpha value is -0.850. The molecule has 2 N–H and O–H groups in total. The van der Waals surface area contributed by atoms with E-state index in [2.05, 4.69) is 41.3 Å². The zero-order valence-electron chi connectivity index (χ0n) is 18.2. The molecule has 0 aromatic carbocycles. The minimum atomic E-state index is 0.151. The van der Waals surface area contributed by atoms with Crippen molar-refractivity contribution in [3.63, 3.8) is 0 Å². The first kappa shape index (κ1) is 22.4. The van der Waals surface area contributed by atoms with Crippen LogP contribution in [0.15, 0.2) is 4.99 Å². The Labute approximate surface area is 166 Å².